The molecule has 0 amide bonds. The number of anilines is 3. The second kappa shape index (κ2) is 7.96. The molecule has 9 heteroatoms. The van der Waals surface area contributed by atoms with Gasteiger partial charge in [-0.2, -0.15) is 4.68 Å². The van der Waals surface area contributed by atoms with E-state index in [0.29, 0.717) is 21.3 Å². The monoisotopic (exact) mass is 419 g/mol. The standard InChI is InChI=1S/C18H15Cl2N5OS/c19-11-6-4-10(5-7-11)8-14(26)25-17(22)15(16(21)24-25)18(27)23-13-3-1-2-12(20)9-13/h1-7,9H,8,22H2,(H2,21,24)(H,23,27). The molecule has 0 saturated heterocycles. The number of hydrogen-bond donors (Lipinski definition) is 3. The molecule has 138 valence electrons. The molecule has 0 atom stereocenters. The van der Waals surface area contributed by atoms with Gasteiger partial charge in [0.25, 0.3) is 5.91 Å². The van der Waals surface area contributed by atoms with Crippen LogP contribution >= 0.6 is 35.4 Å². The molecule has 0 unspecified atom stereocenters. The maximum absolute atomic E-state index is 12.6. The van der Waals surface area contributed by atoms with Crippen LogP contribution in [-0.2, 0) is 6.42 Å². The number of rotatable bonds is 4. The lowest BCUT2D eigenvalue weighted by Crippen LogP contribution is -2.19. The van der Waals surface area contributed by atoms with Gasteiger partial charge < -0.3 is 16.8 Å². The highest BCUT2D eigenvalue weighted by Crippen LogP contribution is 2.23. The van der Waals surface area contributed by atoms with Crippen LogP contribution in [0.15, 0.2) is 48.5 Å². The lowest BCUT2D eigenvalue weighted by molar-refractivity contribution is 0.0902. The topological polar surface area (TPSA) is 99.0 Å². The summed E-state index contributed by atoms with van der Waals surface area (Å²) in [5.41, 5.74) is 13.8. The molecule has 1 aromatic heterocycles. The largest absolute Gasteiger partial charge is 0.383 e. The Labute approximate surface area is 171 Å². The van der Waals surface area contributed by atoms with Crippen LogP contribution in [-0.4, -0.2) is 20.7 Å². The SMILES string of the molecule is Nc1nn(C(=O)Cc2ccc(Cl)cc2)c(N)c1C(=S)Nc1cccc(Cl)c1. The fourth-order valence-electron chi connectivity index (χ4n) is 2.48. The van der Waals surface area contributed by atoms with Gasteiger partial charge in [-0.15, -0.1) is 5.10 Å². The van der Waals surface area contributed by atoms with Crippen molar-refractivity contribution in [1.82, 2.24) is 9.78 Å². The first-order valence-corrected chi connectivity index (χ1v) is 9.00. The Balaban J connectivity index is 1.82. The summed E-state index contributed by atoms with van der Waals surface area (Å²) in [6, 6.07) is 14.0. The number of thiocarbonyl (C=S) groups is 1. The molecule has 2 aromatic carbocycles. The fourth-order valence-corrected chi connectivity index (χ4v) is 3.13. The summed E-state index contributed by atoms with van der Waals surface area (Å²) >= 11 is 17.2. The van der Waals surface area contributed by atoms with Crippen molar-refractivity contribution < 1.29 is 4.79 Å². The molecule has 0 bridgehead atoms. The number of nitrogens with zero attached hydrogens (tertiary/aromatic N) is 2. The highest BCUT2D eigenvalue weighted by Gasteiger charge is 2.21. The van der Waals surface area contributed by atoms with Crippen molar-refractivity contribution in [3.63, 3.8) is 0 Å². The van der Waals surface area contributed by atoms with E-state index in [1.54, 1.807) is 48.5 Å². The van der Waals surface area contributed by atoms with Crippen LogP contribution in [0.25, 0.3) is 0 Å². The molecule has 1 heterocycles. The third-order valence-corrected chi connectivity index (χ3v) is 4.56. The van der Waals surface area contributed by atoms with Gasteiger partial charge in [0.05, 0.1) is 12.0 Å². The van der Waals surface area contributed by atoms with Crippen molar-refractivity contribution in [2.75, 3.05) is 16.8 Å². The molecular formula is C18H15Cl2N5OS. The van der Waals surface area contributed by atoms with Crippen molar-refractivity contribution in [1.29, 1.82) is 0 Å². The Bertz CT molecular complexity index is 1020. The van der Waals surface area contributed by atoms with E-state index in [2.05, 4.69) is 10.4 Å². The van der Waals surface area contributed by atoms with Crippen molar-refractivity contribution in [3.8, 4) is 0 Å². The zero-order chi connectivity index (χ0) is 19.6. The Morgan fingerprint density at radius 2 is 1.81 bits per heavy atom. The Kier molecular flexibility index (Phi) is 5.65. The summed E-state index contributed by atoms with van der Waals surface area (Å²) in [5.74, 6) is -0.194. The molecule has 0 aliphatic rings. The lowest BCUT2D eigenvalue weighted by Gasteiger charge is -2.09. The van der Waals surface area contributed by atoms with Crippen LogP contribution < -0.4 is 16.8 Å². The summed E-state index contributed by atoms with van der Waals surface area (Å²) in [5, 5.41) is 8.19. The number of carbonyl (C=O) groups excluding carboxylic acids is 1. The van der Waals surface area contributed by atoms with Crippen molar-refractivity contribution in [2.45, 2.75) is 6.42 Å². The zero-order valence-electron chi connectivity index (χ0n) is 13.9. The van der Waals surface area contributed by atoms with Gasteiger partial charge in [-0.1, -0.05) is 53.6 Å². The normalized spacial score (nSPS) is 10.6. The summed E-state index contributed by atoms with van der Waals surface area (Å²) in [6.45, 7) is 0. The maximum Gasteiger partial charge on any atom is 0.253 e. The van der Waals surface area contributed by atoms with E-state index in [4.69, 9.17) is 46.9 Å². The molecule has 6 nitrogen and oxygen atoms in total. The molecule has 0 aliphatic heterocycles. The number of aromatic nitrogens is 2. The number of carbonyl (C=O) groups is 1. The van der Waals surface area contributed by atoms with E-state index in [9.17, 15) is 4.79 Å². The van der Waals surface area contributed by atoms with Crippen LogP contribution in [0.3, 0.4) is 0 Å². The van der Waals surface area contributed by atoms with Gasteiger partial charge in [0, 0.05) is 15.7 Å². The molecule has 0 fully saturated rings. The zero-order valence-corrected chi connectivity index (χ0v) is 16.3. The number of benzene rings is 2. The highest BCUT2D eigenvalue weighted by molar-refractivity contribution is 7.81. The first-order chi connectivity index (χ1) is 12.8. The molecule has 5 N–H and O–H groups in total. The molecule has 27 heavy (non-hydrogen) atoms. The molecule has 0 saturated carbocycles. The molecule has 0 radical (unpaired) electrons. The lowest BCUT2D eigenvalue weighted by atomic mass is 10.1. The number of nitrogens with two attached hydrogens (primary N) is 2. The smallest absolute Gasteiger partial charge is 0.253 e. The van der Waals surface area contributed by atoms with E-state index in [1.807, 2.05) is 0 Å². The highest BCUT2D eigenvalue weighted by atomic mass is 35.5. The van der Waals surface area contributed by atoms with E-state index in [0.717, 1.165) is 10.2 Å². The van der Waals surface area contributed by atoms with Gasteiger partial charge in [0.15, 0.2) is 5.82 Å². The van der Waals surface area contributed by atoms with Gasteiger partial charge >= 0.3 is 0 Å². The van der Waals surface area contributed by atoms with E-state index >= 15 is 0 Å². The second-order valence-corrected chi connectivity index (χ2v) is 7.00. The fraction of sp³-hybridized carbons (Fsp3) is 0.0556. The Morgan fingerprint density at radius 3 is 2.48 bits per heavy atom. The van der Waals surface area contributed by atoms with Gasteiger partial charge in [0.1, 0.15) is 10.8 Å². The van der Waals surface area contributed by atoms with Crippen molar-refractivity contribution in [2.24, 2.45) is 0 Å². The van der Waals surface area contributed by atoms with Crippen molar-refractivity contribution in [3.05, 3.63) is 69.7 Å². The molecular weight excluding hydrogens is 405 g/mol. The summed E-state index contributed by atoms with van der Waals surface area (Å²) in [6.07, 6.45) is 0.0937. The van der Waals surface area contributed by atoms with E-state index in [-0.39, 0.29) is 29.0 Å². The number of hydrogen-bond acceptors (Lipinski definition) is 5. The average Bonchev–Trinajstić information content (AvgIpc) is 2.91. The summed E-state index contributed by atoms with van der Waals surface area (Å²) in [4.78, 5) is 12.8. The van der Waals surface area contributed by atoms with Crippen LogP contribution in [0.1, 0.15) is 15.9 Å². The minimum atomic E-state index is -0.335. The average molecular weight is 420 g/mol. The molecule has 0 aliphatic carbocycles. The van der Waals surface area contributed by atoms with Gasteiger partial charge in [-0.05, 0) is 35.9 Å². The maximum atomic E-state index is 12.6. The third kappa shape index (κ3) is 4.39. The molecule has 3 aromatic rings. The minimum Gasteiger partial charge on any atom is -0.383 e. The quantitative estimate of drug-likeness (QED) is 0.552. The predicted octanol–water partition coefficient (Wildman–Crippen LogP) is 4.02. The first-order valence-electron chi connectivity index (χ1n) is 7.83. The third-order valence-electron chi connectivity index (χ3n) is 3.76. The second-order valence-electron chi connectivity index (χ2n) is 5.72. The number of nitrogen functional groups attached to an aromatic ring is 2. The summed E-state index contributed by atoms with van der Waals surface area (Å²) < 4.78 is 1.06. The van der Waals surface area contributed by atoms with Gasteiger partial charge in [-0.3, -0.25) is 4.79 Å². The molecule has 0 spiro atoms. The Morgan fingerprint density at radius 1 is 1.11 bits per heavy atom. The van der Waals surface area contributed by atoms with Crippen LogP contribution in [0.5, 0.6) is 0 Å². The van der Waals surface area contributed by atoms with E-state index in [1.165, 1.54) is 0 Å². The van der Waals surface area contributed by atoms with E-state index < -0.39 is 0 Å². The first kappa shape index (κ1) is 19.2. The minimum absolute atomic E-state index is 0.0662. The van der Waals surface area contributed by atoms with Crippen LogP contribution in [0.2, 0.25) is 10.0 Å². The van der Waals surface area contributed by atoms with Crippen LogP contribution in [0.4, 0.5) is 17.3 Å². The van der Waals surface area contributed by atoms with Gasteiger partial charge in [-0.25, -0.2) is 0 Å². The van der Waals surface area contributed by atoms with Gasteiger partial charge in [0.2, 0.25) is 0 Å². The molecule has 3 rings (SSSR count). The Hall–Kier alpha value is -2.61. The number of nitrogens with one attached hydrogen (secondary N) is 1. The number of halogens is 2. The van der Waals surface area contributed by atoms with Crippen molar-refractivity contribution >= 4 is 63.6 Å². The summed E-state index contributed by atoms with van der Waals surface area (Å²) in [7, 11) is 0. The predicted molar refractivity (Wildman–Crippen MR) is 114 cm³/mol. The van der Waals surface area contributed by atoms with Crippen LogP contribution in [0, 0.1) is 0 Å².